The number of hydrogen-bond donors (Lipinski definition) is 1. The average Bonchev–Trinajstić information content (AvgIpc) is 3.28. The fourth-order valence-electron chi connectivity index (χ4n) is 3.08. The number of benzene rings is 1. The number of aryl methyl sites for hydroxylation is 2. The zero-order chi connectivity index (χ0) is 19.3. The van der Waals surface area contributed by atoms with Gasteiger partial charge in [0.2, 0.25) is 5.13 Å². The van der Waals surface area contributed by atoms with E-state index >= 15 is 0 Å². The Labute approximate surface area is 175 Å². The van der Waals surface area contributed by atoms with Crippen LogP contribution >= 0.6 is 34.4 Å². The molecular formula is C20H18N4OS3. The number of thiophene rings is 1. The summed E-state index contributed by atoms with van der Waals surface area (Å²) in [6, 6.07) is 11.7. The Bertz CT molecular complexity index is 993. The van der Waals surface area contributed by atoms with E-state index in [2.05, 4.69) is 21.6 Å². The maximum absolute atomic E-state index is 12.6. The number of hydrogen-bond acceptors (Lipinski definition) is 7. The van der Waals surface area contributed by atoms with Gasteiger partial charge in [-0.1, -0.05) is 41.7 Å². The van der Waals surface area contributed by atoms with Crippen molar-refractivity contribution >= 4 is 45.5 Å². The number of anilines is 1. The predicted molar refractivity (Wildman–Crippen MR) is 114 cm³/mol. The van der Waals surface area contributed by atoms with E-state index in [1.165, 1.54) is 41.0 Å². The van der Waals surface area contributed by atoms with Crippen LogP contribution in [0, 0.1) is 11.3 Å². The van der Waals surface area contributed by atoms with Gasteiger partial charge in [0.05, 0.1) is 16.5 Å². The van der Waals surface area contributed by atoms with Gasteiger partial charge in [-0.15, -0.1) is 21.5 Å². The Hall–Kier alpha value is -2.21. The second-order valence-electron chi connectivity index (χ2n) is 6.54. The molecule has 0 radical (unpaired) electrons. The van der Waals surface area contributed by atoms with Crippen LogP contribution in [0.3, 0.4) is 0 Å². The highest BCUT2D eigenvalue weighted by Crippen LogP contribution is 2.31. The van der Waals surface area contributed by atoms with Gasteiger partial charge < -0.3 is 0 Å². The van der Waals surface area contributed by atoms with Crippen LogP contribution in [0.1, 0.15) is 50.5 Å². The van der Waals surface area contributed by atoms with Gasteiger partial charge in [-0.2, -0.15) is 5.26 Å². The first-order valence-electron chi connectivity index (χ1n) is 9.09. The van der Waals surface area contributed by atoms with E-state index in [-0.39, 0.29) is 5.91 Å². The van der Waals surface area contributed by atoms with E-state index in [1.54, 1.807) is 23.1 Å². The monoisotopic (exact) mass is 426 g/mol. The molecule has 0 saturated heterocycles. The lowest BCUT2D eigenvalue weighted by Crippen LogP contribution is -2.09. The second-order valence-corrected chi connectivity index (χ2v) is 9.88. The van der Waals surface area contributed by atoms with Gasteiger partial charge in [0, 0.05) is 10.6 Å². The number of nitrogens with one attached hydrogen (secondary N) is 1. The van der Waals surface area contributed by atoms with Crippen molar-refractivity contribution in [3.8, 4) is 6.07 Å². The molecule has 0 aliphatic heterocycles. The van der Waals surface area contributed by atoms with Gasteiger partial charge in [0.1, 0.15) is 0 Å². The van der Waals surface area contributed by atoms with Crippen LogP contribution in [0.4, 0.5) is 5.13 Å². The Morgan fingerprint density at radius 3 is 2.79 bits per heavy atom. The highest BCUT2D eigenvalue weighted by Gasteiger charge is 2.18. The molecule has 8 heteroatoms. The molecule has 0 bridgehead atoms. The first-order chi connectivity index (χ1) is 13.7. The van der Waals surface area contributed by atoms with Crippen molar-refractivity contribution in [2.24, 2.45) is 0 Å². The van der Waals surface area contributed by atoms with Gasteiger partial charge in [-0.3, -0.25) is 10.1 Å². The first kappa shape index (κ1) is 19.1. The number of nitrogens with zero attached hydrogens (tertiary/aromatic N) is 3. The van der Waals surface area contributed by atoms with Crippen molar-refractivity contribution < 1.29 is 4.79 Å². The maximum atomic E-state index is 12.6. The molecule has 0 unspecified atom stereocenters. The van der Waals surface area contributed by atoms with E-state index in [0.717, 1.165) is 33.4 Å². The summed E-state index contributed by atoms with van der Waals surface area (Å²) in [7, 11) is 0. The number of nitriles is 1. The van der Waals surface area contributed by atoms with Gasteiger partial charge in [0.15, 0.2) is 4.34 Å². The number of fused-ring (bicyclic) bond motifs is 1. The third-order valence-corrected chi connectivity index (χ3v) is 7.82. The molecule has 0 atom stereocenters. The predicted octanol–water partition coefficient (Wildman–Crippen LogP) is 5.28. The Morgan fingerprint density at radius 2 is 1.96 bits per heavy atom. The zero-order valence-electron chi connectivity index (χ0n) is 15.1. The van der Waals surface area contributed by atoms with Crippen molar-refractivity contribution in [2.75, 3.05) is 5.32 Å². The first-order valence-corrected chi connectivity index (χ1v) is 11.7. The number of aromatic nitrogens is 2. The van der Waals surface area contributed by atoms with Crippen molar-refractivity contribution in [3.05, 3.63) is 56.8 Å². The third kappa shape index (κ3) is 4.61. The van der Waals surface area contributed by atoms with E-state index < -0.39 is 0 Å². The molecule has 0 spiro atoms. The van der Waals surface area contributed by atoms with Gasteiger partial charge in [-0.05, 0) is 55.0 Å². The van der Waals surface area contributed by atoms with E-state index in [4.69, 9.17) is 5.26 Å². The van der Waals surface area contributed by atoms with Crippen LogP contribution in [0.5, 0.6) is 0 Å². The second kappa shape index (κ2) is 8.86. The molecule has 1 aliphatic rings. The fraction of sp³-hybridized carbons (Fsp3) is 0.300. The topological polar surface area (TPSA) is 78.7 Å². The normalized spacial score (nSPS) is 13.4. The van der Waals surface area contributed by atoms with Gasteiger partial charge in [-0.25, -0.2) is 0 Å². The summed E-state index contributed by atoms with van der Waals surface area (Å²) in [6.07, 6.45) is 5.86. The highest BCUT2D eigenvalue weighted by molar-refractivity contribution is 8.00. The summed E-state index contributed by atoms with van der Waals surface area (Å²) in [6.45, 7) is 0. The third-order valence-electron chi connectivity index (χ3n) is 4.54. The van der Waals surface area contributed by atoms with Crippen molar-refractivity contribution in [1.82, 2.24) is 10.2 Å². The SMILES string of the molecule is N#Cc1ccc(CSc2nnc(NC(=O)c3cc4c(s3)CCCCC4)s2)cc1. The molecule has 2 aromatic heterocycles. The molecule has 1 aromatic carbocycles. The molecule has 1 amide bonds. The summed E-state index contributed by atoms with van der Waals surface area (Å²) < 4.78 is 0.807. The lowest BCUT2D eigenvalue weighted by Gasteiger charge is -1.99. The Kier molecular flexibility index (Phi) is 6.05. The molecular weight excluding hydrogens is 408 g/mol. The van der Waals surface area contributed by atoms with Crippen LogP contribution in [0.25, 0.3) is 0 Å². The van der Waals surface area contributed by atoms with Crippen LogP contribution in [-0.2, 0) is 18.6 Å². The molecule has 0 saturated carbocycles. The Balaban J connectivity index is 1.35. The lowest BCUT2D eigenvalue weighted by molar-refractivity contribution is 0.103. The molecule has 0 fully saturated rings. The number of rotatable bonds is 5. The zero-order valence-corrected chi connectivity index (χ0v) is 17.6. The van der Waals surface area contributed by atoms with Crippen LogP contribution < -0.4 is 5.32 Å². The molecule has 5 nitrogen and oxygen atoms in total. The van der Waals surface area contributed by atoms with Crippen molar-refractivity contribution in [1.29, 1.82) is 5.26 Å². The number of carbonyl (C=O) groups is 1. The molecule has 1 N–H and O–H groups in total. The lowest BCUT2D eigenvalue weighted by atomic mass is 10.1. The summed E-state index contributed by atoms with van der Waals surface area (Å²) in [4.78, 5) is 14.7. The minimum Gasteiger partial charge on any atom is -0.296 e. The number of amides is 1. The summed E-state index contributed by atoms with van der Waals surface area (Å²) in [5, 5.41) is 20.5. The van der Waals surface area contributed by atoms with Crippen LogP contribution in [0.2, 0.25) is 0 Å². The molecule has 142 valence electrons. The Morgan fingerprint density at radius 1 is 1.14 bits per heavy atom. The average molecular weight is 427 g/mol. The minimum atomic E-state index is -0.0992. The fourth-order valence-corrected chi connectivity index (χ4v) is 5.93. The van der Waals surface area contributed by atoms with E-state index in [0.29, 0.717) is 10.7 Å². The largest absolute Gasteiger partial charge is 0.296 e. The molecule has 28 heavy (non-hydrogen) atoms. The maximum Gasteiger partial charge on any atom is 0.267 e. The van der Waals surface area contributed by atoms with Gasteiger partial charge >= 0.3 is 0 Å². The standard InChI is InChI=1S/C20H18N4OS3/c21-11-13-6-8-14(9-7-13)12-26-20-24-23-19(28-20)22-18(25)17-10-15-4-2-1-3-5-16(15)27-17/h6-10H,1-5,12H2,(H,22,23,25). The van der Waals surface area contributed by atoms with Gasteiger partial charge in [0.25, 0.3) is 5.91 Å². The minimum absolute atomic E-state index is 0.0992. The molecule has 4 rings (SSSR count). The summed E-state index contributed by atoms with van der Waals surface area (Å²) in [5.74, 6) is 0.643. The molecule has 3 aromatic rings. The number of carbonyl (C=O) groups excluding carboxylic acids is 1. The van der Waals surface area contributed by atoms with E-state index in [1.807, 2.05) is 30.3 Å². The van der Waals surface area contributed by atoms with Crippen LogP contribution in [0.15, 0.2) is 34.7 Å². The van der Waals surface area contributed by atoms with Crippen LogP contribution in [-0.4, -0.2) is 16.1 Å². The van der Waals surface area contributed by atoms with Crippen molar-refractivity contribution in [3.63, 3.8) is 0 Å². The smallest absolute Gasteiger partial charge is 0.267 e. The quantitative estimate of drug-likeness (QED) is 0.341. The molecule has 2 heterocycles. The molecule has 1 aliphatic carbocycles. The number of thioether (sulfide) groups is 1. The summed E-state index contributed by atoms with van der Waals surface area (Å²) in [5.41, 5.74) is 3.11. The highest BCUT2D eigenvalue weighted by atomic mass is 32.2. The van der Waals surface area contributed by atoms with E-state index in [9.17, 15) is 4.79 Å². The summed E-state index contributed by atoms with van der Waals surface area (Å²) >= 11 is 4.56. The van der Waals surface area contributed by atoms with Crippen molar-refractivity contribution in [2.45, 2.75) is 42.2 Å².